The minimum atomic E-state index is -0.640. The Morgan fingerprint density at radius 3 is 2.16 bits per heavy atom. The summed E-state index contributed by atoms with van der Waals surface area (Å²) in [6.45, 7) is 7.42. The highest BCUT2D eigenvalue weighted by molar-refractivity contribution is 5.31. The molecule has 0 unspecified atom stereocenters. The molecule has 0 atom stereocenters. The van der Waals surface area contributed by atoms with E-state index in [2.05, 4.69) is 20.8 Å². The second-order valence-electron chi connectivity index (χ2n) is 6.57. The van der Waals surface area contributed by atoms with E-state index < -0.39 is 5.60 Å². The van der Waals surface area contributed by atoms with Crippen LogP contribution in [0.1, 0.15) is 58.4 Å². The molecule has 0 aliphatic heterocycles. The summed E-state index contributed by atoms with van der Waals surface area (Å²) in [5.41, 5.74) is 0.765. The van der Waals surface area contributed by atoms with Crippen LogP contribution in [0.2, 0.25) is 0 Å². The Morgan fingerprint density at radius 1 is 1.05 bits per heavy atom. The molecule has 1 saturated carbocycles. The van der Waals surface area contributed by atoms with Crippen molar-refractivity contribution < 1.29 is 9.84 Å². The zero-order valence-corrected chi connectivity index (χ0v) is 12.4. The summed E-state index contributed by atoms with van der Waals surface area (Å²) < 4.78 is 5.58. The van der Waals surface area contributed by atoms with E-state index >= 15 is 0 Å². The van der Waals surface area contributed by atoms with Gasteiger partial charge in [0.05, 0.1) is 12.2 Å². The Hall–Kier alpha value is -1.02. The minimum Gasteiger partial charge on any atom is -0.494 e. The van der Waals surface area contributed by atoms with Gasteiger partial charge in [-0.1, -0.05) is 32.9 Å². The van der Waals surface area contributed by atoms with Crippen molar-refractivity contribution in [1.29, 1.82) is 0 Å². The van der Waals surface area contributed by atoms with Crippen molar-refractivity contribution in [2.75, 3.05) is 6.61 Å². The Bertz CT molecular complexity index is 396. The first-order valence-electron chi connectivity index (χ1n) is 7.41. The smallest absolute Gasteiger partial charge is 0.119 e. The maximum Gasteiger partial charge on any atom is 0.119 e. The van der Waals surface area contributed by atoms with Crippen molar-refractivity contribution in [3.05, 3.63) is 29.8 Å². The molecule has 1 aromatic carbocycles. The van der Waals surface area contributed by atoms with Crippen LogP contribution >= 0.6 is 0 Å². The number of hydrogen-bond acceptors (Lipinski definition) is 2. The summed E-state index contributed by atoms with van der Waals surface area (Å²) in [4.78, 5) is 0. The maximum atomic E-state index is 10.8. The molecule has 2 rings (SSSR count). The summed E-state index contributed by atoms with van der Waals surface area (Å²) in [5, 5.41) is 10.8. The van der Waals surface area contributed by atoms with Gasteiger partial charge in [-0.15, -0.1) is 0 Å². The number of benzene rings is 1. The topological polar surface area (TPSA) is 29.5 Å². The third kappa shape index (κ3) is 3.50. The Morgan fingerprint density at radius 2 is 1.63 bits per heavy atom. The van der Waals surface area contributed by atoms with Crippen LogP contribution in [0, 0.1) is 5.41 Å². The fourth-order valence-corrected chi connectivity index (χ4v) is 2.71. The second-order valence-corrected chi connectivity index (χ2v) is 6.57. The van der Waals surface area contributed by atoms with Gasteiger partial charge >= 0.3 is 0 Å². The van der Waals surface area contributed by atoms with Gasteiger partial charge in [0.1, 0.15) is 5.75 Å². The van der Waals surface area contributed by atoms with Crippen LogP contribution in [-0.4, -0.2) is 11.7 Å². The third-order valence-corrected chi connectivity index (χ3v) is 4.30. The van der Waals surface area contributed by atoms with Crippen LogP contribution in [0.25, 0.3) is 0 Å². The summed E-state index contributed by atoms with van der Waals surface area (Å²) in [7, 11) is 0. The molecule has 1 N–H and O–H groups in total. The first kappa shape index (κ1) is 14.4. The summed E-state index contributed by atoms with van der Waals surface area (Å²) in [6.07, 6.45) is 4.89. The molecular formula is C17H26O2. The predicted molar refractivity (Wildman–Crippen MR) is 78.4 cm³/mol. The zero-order chi connectivity index (χ0) is 13.9. The summed E-state index contributed by atoms with van der Waals surface area (Å²) >= 11 is 0. The number of rotatable bonds is 4. The lowest BCUT2D eigenvalue weighted by Gasteiger charge is -2.40. The van der Waals surface area contributed by atoms with E-state index in [1.165, 1.54) is 0 Å². The van der Waals surface area contributed by atoms with Crippen molar-refractivity contribution in [3.8, 4) is 5.75 Å². The molecular weight excluding hydrogens is 236 g/mol. The Balaban J connectivity index is 2.05. The molecule has 2 heteroatoms. The van der Waals surface area contributed by atoms with Crippen LogP contribution in [0.3, 0.4) is 0 Å². The molecule has 19 heavy (non-hydrogen) atoms. The van der Waals surface area contributed by atoms with E-state index in [0.717, 1.165) is 50.0 Å². The van der Waals surface area contributed by atoms with Crippen molar-refractivity contribution in [3.63, 3.8) is 0 Å². The Labute approximate surface area is 116 Å². The number of hydrogen-bond donors (Lipinski definition) is 1. The largest absolute Gasteiger partial charge is 0.494 e. The molecule has 0 amide bonds. The molecule has 0 saturated heterocycles. The highest BCUT2D eigenvalue weighted by Crippen LogP contribution is 2.45. The standard InChI is InChI=1S/C17H26O2/c1-4-13-19-15-7-5-14(6-8-15)17(18)11-9-16(2,3)10-12-17/h5-8,18H,4,9-13H2,1-3H3. The summed E-state index contributed by atoms with van der Waals surface area (Å²) in [5.74, 6) is 0.894. The van der Waals surface area contributed by atoms with Crippen molar-refractivity contribution in [2.45, 2.75) is 58.5 Å². The fraction of sp³-hybridized carbons (Fsp3) is 0.647. The second kappa shape index (κ2) is 5.54. The van der Waals surface area contributed by atoms with Crippen molar-refractivity contribution in [1.82, 2.24) is 0 Å². The molecule has 0 bridgehead atoms. The lowest BCUT2D eigenvalue weighted by molar-refractivity contribution is -0.0305. The highest BCUT2D eigenvalue weighted by Gasteiger charge is 2.37. The minimum absolute atomic E-state index is 0.371. The van der Waals surface area contributed by atoms with Crippen LogP contribution in [0.15, 0.2) is 24.3 Å². The van der Waals surface area contributed by atoms with E-state index in [0.29, 0.717) is 5.41 Å². The molecule has 1 fully saturated rings. The van der Waals surface area contributed by atoms with Gasteiger partial charge in [-0.05, 0) is 55.2 Å². The van der Waals surface area contributed by atoms with Gasteiger partial charge in [0, 0.05) is 0 Å². The molecule has 1 aliphatic carbocycles. The van der Waals surface area contributed by atoms with E-state index in [4.69, 9.17) is 4.74 Å². The van der Waals surface area contributed by atoms with Crippen LogP contribution in [-0.2, 0) is 5.60 Å². The molecule has 106 valence electrons. The monoisotopic (exact) mass is 262 g/mol. The fourth-order valence-electron chi connectivity index (χ4n) is 2.71. The van der Waals surface area contributed by atoms with E-state index in [9.17, 15) is 5.11 Å². The summed E-state index contributed by atoms with van der Waals surface area (Å²) in [6, 6.07) is 7.98. The van der Waals surface area contributed by atoms with Gasteiger partial charge in [0.2, 0.25) is 0 Å². The van der Waals surface area contributed by atoms with Gasteiger partial charge in [-0.25, -0.2) is 0 Å². The quantitative estimate of drug-likeness (QED) is 0.878. The molecule has 0 aromatic heterocycles. The first-order valence-corrected chi connectivity index (χ1v) is 7.41. The van der Waals surface area contributed by atoms with Gasteiger partial charge in [0.25, 0.3) is 0 Å². The SMILES string of the molecule is CCCOc1ccc(C2(O)CCC(C)(C)CC2)cc1. The molecule has 2 nitrogen and oxygen atoms in total. The first-order chi connectivity index (χ1) is 8.95. The average molecular weight is 262 g/mol. The third-order valence-electron chi connectivity index (χ3n) is 4.30. The molecule has 0 spiro atoms. The van der Waals surface area contributed by atoms with E-state index in [1.54, 1.807) is 0 Å². The molecule has 0 radical (unpaired) electrons. The number of ether oxygens (including phenoxy) is 1. The highest BCUT2D eigenvalue weighted by atomic mass is 16.5. The lowest BCUT2D eigenvalue weighted by atomic mass is 9.69. The lowest BCUT2D eigenvalue weighted by Crippen LogP contribution is -2.34. The maximum absolute atomic E-state index is 10.8. The van der Waals surface area contributed by atoms with Gasteiger partial charge < -0.3 is 9.84 Å². The van der Waals surface area contributed by atoms with E-state index in [-0.39, 0.29) is 0 Å². The molecule has 0 heterocycles. The van der Waals surface area contributed by atoms with E-state index in [1.807, 2.05) is 24.3 Å². The molecule has 1 aliphatic rings. The van der Waals surface area contributed by atoms with Gasteiger partial charge in [-0.3, -0.25) is 0 Å². The van der Waals surface area contributed by atoms with Crippen molar-refractivity contribution in [2.24, 2.45) is 5.41 Å². The van der Waals surface area contributed by atoms with Crippen LogP contribution in [0.5, 0.6) is 5.75 Å². The zero-order valence-electron chi connectivity index (χ0n) is 12.4. The van der Waals surface area contributed by atoms with Crippen LogP contribution < -0.4 is 4.74 Å². The van der Waals surface area contributed by atoms with Crippen molar-refractivity contribution >= 4 is 0 Å². The van der Waals surface area contributed by atoms with Crippen LogP contribution in [0.4, 0.5) is 0 Å². The normalized spacial score (nSPS) is 21.1. The van der Waals surface area contributed by atoms with Gasteiger partial charge in [-0.2, -0.15) is 0 Å². The predicted octanol–water partition coefficient (Wildman–Crippen LogP) is 4.26. The van der Waals surface area contributed by atoms with Gasteiger partial charge in [0.15, 0.2) is 0 Å². The Kier molecular flexibility index (Phi) is 4.19. The molecule has 1 aromatic rings. The number of aliphatic hydroxyl groups is 1. The average Bonchev–Trinajstić information content (AvgIpc) is 2.41.